The van der Waals surface area contributed by atoms with Gasteiger partial charge >= 0.3 is 0 Å². The summed E-state index contributed by atoms with van der Waals surface area (Å²) in [7, 11) is 1.53. The van der Waals surface area contributed by atoms with E-state index in [-0.39, 0.29) is 23.3 Å². The van der Waals surface area contributed by atoms with E-state index in [1.807, 2.05) is 0 Å². The van der Waals surface area contributed by atoms with Crippen LogP contribution in [0, 0.1) is 0 Å². The van der Waals surface area contributed by atoms with E-state index in [9.17, 15) is 4.39 Å². The third kappa shape index (κ3) is 3.80. The van der Waals surface area contributed by atoms with Gasteiger partial charge in [-0.1, -0.05) is 34.8 Å². The fourth-order valence-electron chi connectivity index (χ4n) is 3.85. The first-order valence-electron chi connectivity index (χ1n) is 9.73. The van der Waals surface area contributed by atoms with Gasteiger partial charge in [0.2, 0.25) is 0 Å². The van der Waals surface area contributed by atoms with Crippen molar-refractivity contribution in [3.8, 4) is 11.5 Å². The molecule has 32 heavy (non-hydrogen) atoms. The topological polar surface area (TPSA) is 74.7 Å². The van der Waals surface area contributed by atoms with Gasteiger partial charge in [0.15, 0.2) is 23.8 Å². The summed E-state index contributed by atoms with van der Waals surface area (Å²) in [6, 6.07) is 6.82. The summed E-state index contributed by atoms with van der Waals surface area (Å²) in [6.07, 6.45) is -1.27. The molecule has 2 aliphatic rings. The van der Waals surface area contributed by atoms with Gasteiger partial charge in [-0.25, -0.2) is 14.4 Å². The lowest BCUT2D eigenvalue weighted by atomic mass is 10.1. The van der Waals surface area contributed by atoms with Crippen LogP contribution in [0.2, 0.25) is 15.1 Å². The summed E-state index contributed by atoms with van der Waals surface area (Å²) in [4.78, 5) is 8.66. The lowest BCUT2D eigenvalue weighted by Crippen LogP contribution is -2.33. The summed E-state index contributed by atoms with van der Waals surface area (Å²) < 4.78 is 36.5. The van der Waals surface area contributed by atoms with Crippen LogP contribution in [0.1, 0.15) is 0 Å². The third-order valence-corrected chi connectivity index (χ3v) is 6.73. The van der Waals surface area contributed by atoms with Crippen LogP contribution in [0.4, 0.5) is 15.9 Å². The average Bonchev–Trinajstić information content (AvgIpc) is 3.37. The summed E-state index contributed by atoms with van der Waals surface area (Å²) in [5.41, 5.74) is 1.13. The zero-order chi connectivity index (χ0) is 22.4. The zero-order valence-electron chi connectivity index (χ0n) is 16.6. The minimum Gasteiger partial charge on any atom is -0.493 e. The number of rotatable bonds is 5. The maximum atomic E-state index is 13.9. The maximum absolute atomic E-state index is 13.9. The van der Waals surface area contributed by atoms with Gasteiger partial charge in [-0.2, -0.15) is 0 Å². The molecule has 1 unspecified atom stereocenters. The molecule has 4 atom stereocenters. The number of benzene rings is 2. The van der Waals surface area contributed by atoms with E-state index >= 15 is 0 Å². The summed E-state index contributed by atoms with van der Waals surface area (Å²) in [6.45, 7) is 0.229. The van der Waals surface area contributed by atoms with E-state index in [2.05, 4.69) is 15.3 Å². The van der Waals surface area contributed by atoms with Crippen molar-refractivity contribution in [1.82, 2.24) is 9.97 Å². The minimum absolute atomic E-state index is 0.00355. The Morgan fingerprint density at radius 2 is 1.84 bits per heavy atom. The molecule has 0 radical (unpaired) electrons. The normalized spacial score (nSPS) is 24.5. The second-order valence-corrected chi connectivity index (χ2v) is 8.52. The van der Waals surface area contributed by atoms with Crippen molar-refractivity contribution in [2.24, 2.45) is 0 Å². The van der Waals surface area contributed by atoms with Gasteiger partial charge in [0.05, 0.1) is 46.6 Å². The number of nitrogens with zero attached hydrogens (tertiary/aromatic N) is 2. The molecule has 2 aromatic carbocycles. The Morgan fingerprint density at radius 3 is 2.66 bits per heavy atom. The highest BCUT2D eigenvalue weighted by atomic mass is 35.5. The van der Waals surface area contributed by atoms with E-state index in [1.165, 1.54) is 13.4 Å². The number of aromatic nitrogens is 2. The maximum Gasteiger partial charge on any atom is 0.164 e. The minimum atomic E-state index is -1.15. The van der Waals surface area contributed by atoms with Gasteiger partial charge < -0.3 is 24.3 Å². The van der Waals surface area contributed by atoms with Crippen LogP contribution >= 0.6 is 34.8 Å². The summed E-state index contributed by atoms with van der Waals surface area (Å²) in [5, 5.41) is 4.69. The molecule has 5 rings (SSSR count). The van der Waals surface area contributed by atoms with E-state index in [1.54, 1.807) is 24.3 Å². The monoisotopic (exact) mass is 499 g/mol. The Balaban J connectivity index is 1.47. The number of halogens is 4. The predicted molar refractivity (Wildman–Crippen MR) is 120 cm³/mol. The molecule has 3 heterocycles. The van der Waals surface area contributed by atoms with E-state index in [4.69, 9.17) is 53.8 Å². The van der Waals surface area contributed by atoms with Crippen molar-refractivity contribution in [3.05, 3.63) is 45.7 Å². The van der Waals surface area contributed by atoms with Gasteiger partial charge in [0, 0.05) is 11.5 Å². The standard InChI is InChI=1S/C21H17Cl3FN3O4/c1-29-14-4-9-13(5-15(14)32-16-7-31-19-11(25)6-30-20(16)19)26-8-27-21(9)28-12-3-2-10(22)17(23)18(12)24/h2-5,8,11,16,19-20H,6-7H2,1H3,(H,26,27,28)/t11-,16?,19+,20+/m1/s1. The molecule has 0 aliphatic carbocycles. The molecule has 2 fully saturated rings. The molecule has 7 nitrogen and oxygen atoms in total. The molecule has 0 amide bonds. The first-order valence-corrected chi connectivity index (χ1v) is 10.9. The van der Waals surface area contributed by atoms with Crippen LogP contribution in [0.3, 0.4) is 0 Å². The van der Waals surface area contributed by atoms with Crippen molar-refractivity contribution in [1.29, 1.82) is 0 Å². The number of hydrogen-bond acceptors (Lipinski definition) is 7. The number of alkyl halides is 1. The molecular formula is C21H17Cl3FN3O4. The Morgan fingerprint density at radius 1 is 1.03 bits per heavy atom. The average molecular weight is 501 g/mol. The fourth-order valence-corrected chi connectivity index (χ4v) is 4.43. The number of methoxy groups -OCH3 is 1. The lowest BCUT2D eigenvalue weighted by molar-refractivity contribution is 0.0271. The summed E-state index contributed by atoms with van der Waals surface area (Å²) >= 11 is 18.5. The van der Waals surface area contributed by atoms with Gasteiger partial charge in [-0.15, -0.1) is 0 Å². The number of anilines is 2. The lowest BCUT2D eigenvalue weighted by Gasteiger charge is -2.20. The Labute approximate surface area is 197 Å². The van der Waals surface area contributed by atoms with Crippen LogP contribution in [-0.4, -0.2) is 54.8 Å². The molecule has 2 saturated heterocycles. The molecule has 0 saturated carbocycles. The highest BCUT2D eigenvalue weighted by Crippen LogP contribution is 2.40. The number of fused-ring (bicyclic) bond motifs is 2. The van der Waals surface area contributed by atoms with Crippen LogP contribution in [-0.2, 0) is 9.47 Å². The molecule has 0 bridgehead atoms. The van der Waals surface area contributed by atoms with E-state index < -0.39 is 24.5 Å². The molecule has 3 aromatic rings. The molecular weight excluding hydrogens is 484 g/mol. The fraction of sp³-hybridized carbons (Fsp3) is 0.333. The van der Waals surface area contributed by atoms with Gasteiger partial charge in [-0.05, 0) is 18.2 Å². The van der Waals surface area contributed by atoms with Gasteiger partial charge in [0.1, 0.15) is 24.4 Å². The largest absolute Gasteiger partial charge is 0.493 e. The van der Waals surface area contributed by atoms with Crippen molar-refractivity contribution in [2.45, 2.75) is 24.5 Å². The van der Waals surface area contributed by atoms with Gasteiger partial charge in [-0.3, -0.25) is 0 Å². The van der Waals surface area contributed by atoms with E-state index in [0.29, 0.717) is 38.9 Å². The molecule has 168 valence electrons. The van der Waals surface area contributed by atoms with Crippen molar-refractivity contribution in [3.63, 3.8) is 0 Å². The third-order valence-electron chi connectivity index (χ3n) is 5.43. The van der Waals surface area contributed by atoms with Crippen molar-refractivity contribution >= 4 is 57.2 Å². The van der Waals surface area contributed by atoms with Crippen LogP contribution in [0.5, 0.6) is 11.5 Å². The van der Waals surface area contributed by atoms with Crippen LogP contribution in [0.15, 0.2) is 30.6 Å². The SMILES string of the molecule is COc1cc2c(Nc3ccc(Cl)c(Cl)c3Cl)ncnc2cc1OC1CO[C@H]2[C@H](F)CO[C@@H]12. The Bertz CT molecular complexity index is 1180. The van der Waals surface area contributed by atoms with Crippen molar-refractivity contribution in [2.75, 3.05) is 25.6 Å². The second kappa shape index (κ2) is 8.68. The second-order valence-electron chi connectivity index (χ2n) is 7.36. The highest BCUT2D eigenvalue weighted by Gasteiger charge is 2.49. The molecule has 2 aliphatic heterocycles. The zero-order valence-corrected chi connectivity index (χ0v) is 18.9. The number of nitrogens with one attached hydrogen (secondary N) is 1. The van der Waals surface area contributed by atoms with Crippen LogP contribution in [0.25, 0.3) is 10.9 Å². The van der Waals surface area contributed by atoms with E-state index in [0.717, 1.165) is 0 Å². The molecule has 1 aromatic heterocycles. The van der Waals surface area contributed by atoms with Crippen LogP contribution < -0.4 is 14.8 Å². The molecule has 11 heteroatoms. The van der Waals surface area contributed by atoms with Crippen molar-refractivity contribution < 1.29 is 23.3 Å². The first kappa shape index (κ1) is 21.7. The highest BCUT2D eigenvalue weighted by molar-refractivity contribution is 6.49. The number of hydrogen-bond donors (Lipinski definition) is 1. The molecule has 1 N–H and O–H groups in total. The summed E-state index contributed by atoms with van der Waals surface area (Å²) in [5.74, 6) is 1.38. The number of ether oxygens (including phenoxy) is 4. The first-order chi connectivity index (χ1) is 15.5. The Kier molecular flexibility index (Phi) is 5.90. The molecule has 0 spiro atoms. The quantitative estimate of drug-likeness (QED) is 0.481. The predicted octanol–water partition coefficient (Wildman–Crippen LogP) is 5.23. The Hall–Kier alpha value is -2.10. The smallest absolute Gasteiger partial charge is 0.164 e. The van der Waals surface area contributed by atoms with Gasteiger partial charge in [0.25, 0.3) is 0 Å².